The number of likely N-dealkylation sites (tertiary alicyclic amines) is 1. The van der Waals surface area contributed by atoms with Gasteiger partial charge in [-0.25, -0.2) is 0 Å². The molecule has 1 aliphatic rings. The molecule has 1 fully saturated rings. The molecule has 4 nitrogen and oxygen atoms in total. The van der Waals surface area contributed by atoms with Crippen LogP contribution in [0.15, 0.2) is 0 Å². The van der Waals surface area contributed by atoms with Gasteiger partial charge in [-0.1, -0.05) is 13.3 Å². The van der Waals surface area contributed by atoms with E-state index in [0.717, 1.165) is 25.6 Å². The number of hydrogen-bond donors (Lipinski definition) is 3. The molecular weight excluding hydrogens is 192 g/mol. The van der Waals surface area contributed by atoms with E-state index in [1.54, 1.807) is 0 Å². The van der Waals surface area contributed by atoms with E-state index in [1.165, 1.54) is 12.8 Å². The van der Waals surface area contributed by atoms with E-state index < -0.39 is 0 Å². The van der Waals surface area contributed by atoms with E-state index in [9.17, 15) is 0 Å². The molecule has 15 heavy (non-hydrogen) atoms. The molecule has 0 aromatic rings. The van der Waals surface area contributed by atoms with Crippen LogP contribution in [0, 0.1) is 5.92 Å². The van der Waals surface area contributed by atoms with Crippen LogP contribution in [0.2, 0.25) is 0 Å². The van der Waals surface area contributed by atoms with Gasteiger partial charge in [-0.3, -0.25) is 4.90 Å². The summed E-state index contributed by atoms with van der Waals surface area (Å²) in [5.41, 5.74) is 0. The van der Waals surface area contributed by atoms with Crippen LogP contribution in [0.3, 0.4) is 0 Å². The van der Waals surface area contributed by atoms with Crippen molar-refractivity contribution in [1.29, 1.82) is 0 Å². The number of rotatable bonds is 6. The van der Waals surface area contributed by atoms with Crippen LogP contribution in [-0.2, 0) is 0 Å². The summed E-state index contributed by atoms with van der Waals surface area (Å²) < 4.78 is 0. The van der Waals surface area contributed by atoms with Crippen molar-refractivity contribution in [3.05, 3.63) is 0 Å². The minimum atomic E-state index is 0.202. The second kappa shape index (κ2) is 7.17. The summed E-state index contributed by atoms with van der Waals surface area (Å²) in [5.74, 6) is 0.724. The van der Waals surface area contributed by atoms with E-state index in [4.69, 9.17) is 10.2 Å². The number of nitrogens with one attached hydrogen (secondary N) is 1. The van der Waals surface area contributed by atoms with Gasteiger partial charge in [0.05, 0.1) is 13.2 Å². The first kappa shape index (κ1) is 12.9. The molecule has 1 rings (SSSR count). The molecule has 0 radical (unpaired) electrons. The highest BCUT2D eigenvalue weighted by molar-refractivity contribution is 4.82. The molecule has 0 bridgehead atoms. The lowest BCUT2D eigenvalue weighted by molar-refractivity contribution is 0.112. The van der Waals surface area contributed by atoms with Crippen molar-refractivity contribution in [2.24, 2.45) is 5.92 Å². The van der Waals surface area contributed by atoms with Crippen LogP contribution >= 0.6 is 0 Å². The summed E-state index contributed by atoms with van der Waals surface area (Å²) >= 11 is 0. The zero-order chi connectivity index (χ0) is 11.1. The first-order valence-electron chi connectivity index (χ1n) is 5.97. The normalized spacial score (nSPS) is 28.2. The molecular formula is C11H24N2O2. The zero-order valence-electron chi connectivity index (χ0n) is 9.65. The molecule has 0 amide bonds. The van der Waals surface area contributed by atoms with Gasteiger partial charge < -0.3 is 15.5 Å². The number of nitrogens with zero attached hydrogens (tertiary/aromatic N) is 1. The Balaban J connectivity index is 2.36. The Morgan fingerprint density at radius 3 is 2.67 bits per heavy atom. The SMILES string of the molecule is CCC1CC(NCCO)CN(CCO)C1. The van der Waals surface area contributed by atoms with E-state index in [-0.39, 0.29) is 13.2 Å². The van der Waals surface area contributed by atoms with Crippen LogP contribution in [-0.4, -0.2) is 60.5 Å². The van der Waals surface area contributed by atoms with Gasteiger partial charge in [0, 0.05) is 32.2 Å². The number of aliphatic hydroxyl groups is 2. The molecule has 3 N–H and O–H groups in total. The summed E-state index contributed by atoms with van der Waals surface area (Å²) in [7, 11) is 0. The van der Waals surface area contributed by atoms with Gasteiger partial charge in [0.15, 0.2) is 0 Å². The third-order valence-corrected chi connectivity index (χ3v) is 3.15. The smallest absolute Gasteiger partial charge is 0.0558 e. The Kier molecular flexibility index (Phi) is 6.17. The number of hydrogen-bond acceptors (Lipinski definition) is 4. The molecule has 1 heterocycles. The van der Waals surface area contributed by atoms with Gasteiger partial charge in [0.25, 0.3) is 0 Å². The Morgan fingerprint density at radius 2 is 2.07 bits per heavy atom. The van der Waals surface area contributed by atoms with Gasteiger partial charge in [0.1, 0.15) is 0 Å². The molecule has 1 aliphatic heterocycles. The highest BCUT2D eigenvalue weighted by Crippen LogP contribution is 2.19. The van der Waals surface area contributed by atoms with Gasteiger partial charge in [-0.15, -0.1) is 0 Å². The van der Waals surface area contributed by atoms with Gasteiger partial charge >= 0.3 is 0 Å². The second-order valence-electron chi connectivity index (χ2n) is 4.37. The Labute approximate surface area is 92.3 Å². The fraction of sp³-hybridized carbons (Fsp3) is 1.00. The molecule has 1 saturated heterocycles. The molecule has 2 unspecified atom stereocenters. The lowest BCUT2D eigenvalue weighted by Crippen LogP contribution is -2.50. The van der Waals surface area contributed by atoms with Crippen molar-refractivity contribution in [3.63, 3.8) is 0 Å². The fourth-order valence-electron chi connectivity index (χ4n) is 2.34. The van der Waals surface area contributed by atoms with Crippen molar-refractivity contribution in [2.45, 2.75) is 25.8 Å². The molecule has 2 atom stereocenters. The Bertz CT molecular complexity index is 167. The maximum absolute atomic E-state index is 8.94. The summed E-state index contributed by atoms with van der Waals surface area (Å²) in [6.45, 7) is 6.21. The van der Waals surface area contributed by atoms with E-state index in [0.29, 0.717) is 12.6 Å². The lowest BCUT2D eigenvalue weighted by atomic mass is 9.92. The third-order valence-electron chi connectivity index (χ3n) is 3.15. The fourth-order valence-corrected chi connectivity index (χ4v) is 2.34. The minimum absolute atomic E-state index is 0.202. The van der Waals surface area contributed by atoms with Crippen molar-refractivity contribution in [2.75, 3.05) is 39.4 Å². The predicted molar refractivity (Wildman–Crippen MR) is 60.8 cm³/mol. The van der Waals surface area contributed by atoms with Gasteiger partial charge in [0.2, 0.25) is 0 Å². The second-order valence-corrected chi connectivity index (χ2v) is 4.37. The van der Waals surface area contributed by atoms with E-state index in [2.05, 4.69) is 17.1 Å². The number of aliphatic hydroxyl groups excluding tert-OH is 2. The monoisotopic (exact) mass is 216 g/mol. The number of β-amino-alcohol motifs (C(OH)–C–C–N with tert-alkyl or cyclic N) is 1. The molecule has 0 aromatic carbocycles. The maximum Gasteiger partial charge on any atom is 0.0558 e. The topological polar surface area (TPSA) is 55.7 Å². The van der Waals surface area contributed by atoms with Gasteiger partial charge in [-0.05, 0) is 12.3 Å². The first-order valence-corrected chi connectivity index (χ1v) is 5.97. The summed E-state index contributed by atoms with van der Waals surface area (Å²) in [5, 5.41) is 21.1. The summed E-state index contributed by atoms with van der Waals surface area (Å²) in [4.78, 5) is 2.31. The quantitative estimate of drug-likeness (QED) is 0.569. The third kappa shape index (κ3) is 4.47. The average Bonchev–Trinajstić information content (AvgIpc) is 2.26. The van der Waals surface area contributed by atoms with Crippen LogP contribution in [0.5, 0.6) is 0 Å². The lowest BCUT2D eigenvalue weighted by Gasteiger charge is -2.37. The summed E-state index contributed by atoms with van der Waals surface area (Å²) in [6, 6.07) is 0.474. The van der Waals surface area contributed by atoms with E-state index >= 15 is 0 Å². The van der Waals surface area contributed by atoms with Crippen LogP contribution in [0.25, 0.3) is 0 Å². The van der Waals surface area contributed by atoms with E-state index in [1.807, 2.05) is 0 Å². The highest BCUT2D eigenvalue weighted by Gasteiger charge is 2.25. The van der Waals surface area contributed by atoms with Crippen LogP contribution < -0.4 is 5.32 Å². The van der Waals surface area contributed by atoms with Crippen LogP contribution in [0.4, 0.5) is 0 Å². The Morgan fingerprint density at radius 1 is 1.27 bits per heavy atom. The van der Waals surface area contributed by atoms with Crippen molar-refractivity contribution in [1.82, 2.24) is 10.2 Å². The van der Waals surface area contributed by atoms with Crippen LogP contribution in [0.1, 0.15) is 19.8 Å². The van der Waals surface area contributed by atoms with Crippen molar-refractivity contribution < 1.29 is 10.2 Å². The molecule has 0 saturated carbocycles. The zero-order valence-corrected chi connectivity index (χ0v) is 9.65. The minimum Gasteiger partial charge on any atom is -0.395 e. The van der Waals surface area contributed by atoms with Gasteiger partial charge in [-0.2, -0.15) is 0 Å². The molecule has 0 spiro atoms. The first-order chi connectivity index (χ1) is 7.30. The molecule has 0 aliphatic carbocycles. The average molecular weight is 216 g/mol. The highest BCUT2D eigenvalue weighted by atomic mass is 16.3. The number of piperidine rings is 1. The molecule has 4 heteroatoms. The summed E-state index contributed by atoms with van der Waals surface area (Å²) in [6.07, 6.45) is 2.39. The Hall–Kier alpha value is -0.160. The predicted octanol–water partition coefficient (Wildman–Crippen LogP) is -0.339. The standard InChI is InChI=1S/C11H24N2O2/c1-2-10-7-11(12-3-5-14)9-13(8-10)4-6-15/h10-12,14-15H,2-9H2,1H3. The van der Waals surface area contributed by atoms with Crippen molar-refractivity contribution in [3.8, 4) is 0 Å². The molecule has 90 valence electrons. The maximum atomic E-state index is 8.94. The largest absolute Gasteiger partial charge is 0.395 e. The molecule has 0 aromatic heterocycles. The van der Waals surface area contributed by atoms with Crippen molar-refractivity contribution >= 4 is 0 Å².